The van der Waals surface area contributed by atoms with E-state index in [1.165, 1.54) is 16.2 Å². The number of carbonyl (C=O) groups is 2. The second kappa shape index (κ2) is 5.50. The largest absolute Gasteiger partial charge is 0.480 e. The minimum atomic E-state index is -0.995. The number of rotatable bonds is 2. The lowest BCUT2D eigenvalue weighted by Gasteiger charge is -2.34. The molecule has 1 aliphatic heterocycles. The van der Waals surface area contributed by atoms with Gasteiger partial charge in [0.1, 0.15) is 10.9 Å². The van der Waals surface area contributed by atoms with Crippen molar-refractivity contribution in [2.24, 2.45) is 0 Å². The molecule has 0 aliphatic carbocycles. The van der Waals surface area contributed by atoms with E-state index in [4.69, 9.17) is 11.6 Å². The Balaban J connectivity index is 1.98. The first-order chi connectivity index (χ1) is 10.1. The molecule has 0 saturated heterocycles. The summed E-state index contributed by atoms with van der Waals surface area (Å²) >= 11 is 7.23. The molecule has 1 atom stereocenters. The monoisotopic (exact) mass is 321 g/mol. The molecule has 1 aliphatic rings. The van der Waals surface area contributed by atoms with Crippen LogP contribution in [-0.2, 0) is 17.8 Å². The van der Waals surface area contributed by atoms with Crippen LogP contribution in [0.25, 0.3) is 0 Å². The summed E-state index contributed by atoms with van der Waals surface area (Å²) < 4.78 is 0. The third-order valence-corrected chi connectivity index (χ3v) is 4.94. The summed E-state index contributed by atoms with van der Waals surface area (Å²) in [6.45, 7) is 0.292. The molecule has 0 unspecified atom stereocenters. The molecule has 6 heteroatoms. The van der Waals surface area contributed by atoms with Crippen LogP contribution in [0.5, 0.6) is 0 Å². The zero-order valence-corrected chi connectivity index (χ0v) is 12.5. The number of benzene rings is 1. The summed E-state index contributed by atoms with van der Waals surface area (Å²) in [6.07, 6.45) is 0.320. The lowest BCUT2D eigenvalue weighted by molar-refractivity contribution is -0.142. The van der Waals surface area contributed by atoms with Crippen LogP contribution in [0.15, 0.2) is 35.7 Å². The van der Waals surface area contributed by atoms with E-state index in [2.05, 4.69) is 0 Å². The first-order valence-corrected chi connectivity index (χ1v) is 7.67. The highest BCUT2D eigenvalue weighted by Crippen LogP contribution is 2.29. The summed E-state index contributed by atoms with van der Waals surface area (Å²) in [7, 11) is 0. The van der Waals surface area contributed by atoms with Crippen LogP contribution in [0.3, 0.4) is 0 Å². The zero-order valence-electron chi connectivity index (χ0n) is 11.0. The Kier molecular flexibility index (Phi) is 3.69. The number of hydrogen-bond donors (Lipinski definition) is 1. The van der Waals surface area contributed by atoms with Crippen molar-refractivity contribution < 1.29 is 14.7 Å². The lowest BCUT2D eigenvalue weighted by Crippen LogP contribution is -2.48. The molecule has 2 heterocycles. The quantitative estimate of drug-likeness (QED) is 0.925. The van der Waals surface area contributed by atoms with Gasteiger partial charge in [-0.3, -0.25) is 4.79 Å². The number of hydrogen-bond acceptors (Lipinski definition) is 3. The Morgan fingerprint density at radius 1 is 1.24 bits per heavy atom. The number of aliphatic carboxylic acids is 1. The summed E-state index contributed by atoms with van der Waals surface area (Å²) in [5.74, 6) is -1.32. The number of fused-ring (bicyclic) bond motifs is 1. The smallest absolute Gasteiger partial charge is 0.326 e. The maximum Gasteiger partial charge on any atom is 0.326 e. The Hall–Kier alpha value is -1.85. The van der Waals surface area contributed by atoms with E-state index in [9.17, 15) is 14.7 Å². The third kappa shape index (κ3) is 2.54. The van der Waals surface area contributed by atoms with Crippen molar-refractivity contribution in [2.75, 3.05) is 0 Å². The van der Waals surface area contributed by atoms with Gasteiger partial charge >= 0.3 is 5.97 Å². The molecule has 3 rings (SSSR count). The van der Waals surface area contributed by atoms with E-state index < -0.39 is 12.0 Å². The molecule has 1 N–H and O–H groups in total. The zero-order chi connectivity index (χ0) is 15.0. The topological polar surface area (TPSA) is 57.6 Å². The lowest BCUT2D eigenvalue weighted by atomic mass is 9.94. The fourth-order valence-corrected chi connectivity index (χ4v) is 3.62. The average molecular weight is 322 g/mol. The van der Waals surface area contributed by atoms with Gasteiger partial charge in [-0.2, -0.15) is 0 Å². The second-order valence-electron chi connectivity index (χ2n) is 4.86. The number of thiophene rings is 1. The van der Waals surface area contributed by atoms with E-state index >= 15 is 0 Å². The fraction of sp³-hybridized carbons (Fsp3) is 0.200. The first kappa shape index (κ1) is 14.1. The van der Waals surface area contributed by atoms with Crippen molar-refractivity contribution in [3.8, 4) is 0 Å². The SMILES string of the molecule is O=C(O)[C@@H]1Cc2ccccc2CN1C(=O)c1sccc1Cl. The van der Waals surface area contributed by atoms with E-state index in [0.717, 1.165) is 11.1 Å². The van der Waals surface area contributed by atoms with E-state index in [0.29, 0.717) is 22.9 Å². The number of amides is 1. The highest BCUT2D eigenvalue weighted by Gasteiger charge is 2.35. The normalized spacial score (nSPS) is 17.4. The van der Waals surface area contributed by atoms with Crippen molar-refractivity contribution >= 4 is 34.8 Å². The molecule has 2 aromatic rings. The summed E-state index contributed by atoms with van der Waals surface area (Å²) in [4.78, 5) is 25.9. The van der Waals surface area contributed by atoms with E-state index in [1.807, 2.05) is 24.3 Å². The Morgan fingerprint density at radius 2 is 1.95 bits per heavy atom. The molecule has 21 heavy (non-hydrogen) atoms. The van der Waals surface area contributed by atoms with Gasteiger partial charge in [-0.05, 0) is 22.6 Å². The number of nitrogens with zero attached hydrogens (tertiary/aromatic N) is 1. The summed E-state index contributed by atoms with van der Waals surface area (Å²) in [5.41, 5.74) is 1.96. The molecule has 0 bridgehead atoms. The molecule has 4 nitrogen and oxygen atoms in total. The van der Waals surface area contributed by atoms with Crippen LogP contribution in [0, 0.1) is 0 Å². The molecule has 0 spiro atoms. The third-order valence-electron chi connectivity index (χ3n) is 3.61. The molecule has 108 valence electrons. The average Bonchev–Trinajstić information content (AvgIpc) is 2.91. The van der Waals surface area contributed by atoms with E-state index in [1.54, 1.807) is 11.4 Å². The minimum Gasteiger partial charge on any atom is -0.480 e. The highest BCUT2D eigenvalue weighted by molar-refractivity contribution is 7.12. The molecule has 1 amide bonds. The highest BCUT2D eigenvalue weighted by atomic mass is 35.5. The molecular weight excluding hydrogens is 310 g/mol. The Bertz CT molecular complexity index is 712. The maximum absolute atomic E-state index is 12.6. The van der Waals surface area contributed by atoms with Crippen molar-refractivity contribution in [3.05, 3.63) is 56.7 Å². The van der Waals surface area contributed by atoms with Gasteiger partial charge in [-0.15, -0.1) is 11.3 Å². The van der Waals surface area contributed by atoms with Gasteiger partial charge in [0.25, 0.3) is 5.91 Å². The number of carboxylic acids is 1. The van der Waals surface area contributed by atoms with Crippen molar-refractivity contribution in [3.63, 3.8) is 0 Å². The van der Waals surface area contributed by atoms with Crippen molar-refractivity contribution in [2.45, 2.75) is 19.0 Å². The van der Waals surface area contributed by atoms with Gasteiger partial charge in [0.15, 0.2) is 0 Å². The molecule has 1 aromatic carbocycles. The predicted molar refractivity (Wildman–Crippen MR) is 80.8 cm³/mol. The first-order valence-electron chi connectivity index (χ1n) is 6.41. The van der Waals surface area contributed by atoms with Crippen molar-refractivity contribution in [1.29, 1.82) is 0 Å². The van der Waals surface area contributed by atoms with Gasteiger partial charge in [0.05, 0.1) is 5.02 Å². The molecular formula is C15H12ClNO3S. The van der Waals surface area contributed by atoms with Crippen LogP contribution in [0.2, 0.25) is 5.02 Å². The van der Waals surface area contributed by atoms with Gasteiger partial charge in [-0.1, -0.05) is 35.9 Å². The maximum atomic E-state index is 12.6. The minimum absolute atomic E-state index is 0.292. The number of halogens is 1. The molecule has 0 radical (unpaired) electrons. The van der Waals surface area contributed by atoms with Crippen LogP contribution in [0.1, 0.15) is 20.8 Å². The van der Waals surface area contributed by atoms with Crippen molar-refractivity contribution in [1.82, 2.24) is 4.90 Å². The standard InChI is InChI=1S/C15H12ClNO3S/c16-11-5-6-21-13(11)14(18)17-8-10-4-2-1-3-9(10)7-12(17)15(19)20/h1-6,12H,7-8H2,(H,19,20)/t12-/m0/s1. The fourth-order valence-electron chi connectivity index (χ4n) is 2.53. The van der Waals surface area contributed by atoms with Crippen LogP contribution in [0.4, 0.5) is 0 Å². The van der Waals surface area contributed by atoms with Gasteiger partial charge in [0, 0.05) is 13.0 Å². The molecule has 0 fully saturated rings. The molecule has 1 aromatic heterocycles. The molecule has 0 saturated carbocycles. The second-order valence-corrected chi connectivity index (χ2v) is 6.18. The summed E-state index contributed by atoms with van der Waals surface area (Å²) in [6, 6.07) is 8.39. The number of carbonyl (C=O) groups excluding carboxylic acids is 1. The van der Waals surface area contributed by atoms with Gasteiger partial charge in [0.2, 0.25) is 0 Å². The Labute approximate surface area is 130 Å². The Morgan fingerprint density at radius 3 is 2.57 bits per heavy atom. The van der Waals surface area contributed by atoms with Crippen LogP contribution in [-0.4, -0.2) is 27.9 Å². The van der Waals surface area contributed by atoms with Gasteiger partial charge in [-0.25, -0.2) is 4.79 Å². The predicted octanol–water partition coefficient (Wildman–Crippen LogP) is 3.05. The van der Waals surface area contributed by atoms with Gasteiger partial charge < -0.3 is 10.0 Å². The summed E-state index contributed by atoms with van der Waals surface area (Å²) in [5, 5.41) is 11.5. The number of carboxylic acid groups (broad SMARTS) is 1. The van der Waals surface area contributed by atoms with Crippen LogP contribution < -0.4 is 0 Å². The van der Waals surface area contributed by atoms with E-state index in [-0.39, 0.29) is 5.91 Å². The van der Waals surface area contributed by atoms with Crippen LogP contribution >= 0.6 is 22.9 Å².